The maximum Gasteiger partial charge on any atom is 0.332 e. The van der Waals surface area contributed by atoms with Crippen LogP contribution in [0.5, 0.6) is 0 Å². The summed E-state index contributed by atoms with van der Waals surface area (Å²) in [5.74, 6) is -3.92. The first-order valence-corrected chi connectivity index (χ1v) is 6.85. The molecule has 2 saturated carbocycles. The lowest BCUT2D eigenvalue weighted by Gasteiger charge is -2.38. The van der Waals surface area contributed by atoms with Crippen molar-refractivity contribution in [2.45, 2.75) is 37.8 Å². The summed E-state index contributed by atoms with van der Waals surface area (Å²) >= 11 is 0. The molecule has 0 radical (unpaired) electrons. The van der Waals surface area contributed by atoms with Gasteiger partial charge in [-0.15, -0.1) is 0 Å². The summed E-state index contributed by atoms with van der Waals surface area (Å²) in [7, 11) is 0. The minimum atomic E-state index is -1.34. The number of hydrogen-bond acceptors (Lipinski definition) is 6. The third-order valence-electron chi connectivity index (χ3n) is 4.41. The molecular weight excluding hydrogens is 292 g/mol. The normalized spacial score (nSPS) is 30.5. The lowest BCUT2D eigenvalue weighted by Crippen LogP contribution is -2.40. The fraction of sp³-hybridized carbons (Fsp3) is 0.571. The predicted molar refractivity (Wildman–Crippen MR) is 71.6 cm³/mol. The Morgan fingerprint density at radius 2 is 1.14 bits per heavy atom. The molecule has 0 aromatic rings. The first kappa shape index (κ1) is 15.8. The van der Waals surface area contributed by atoms with E-state index >= 15 is 0 Å². The van der Waals surface area contributed by atoms with Crippen LogP contribution in [0, 0.1) is 11.8 Å². The van der Waals surface area contributed by atoms with Crippen molar-refractivity contribution >= 4 is 24.1 Å². The molecule has 116 valence electrons. The van der Waals surface area contributed by atoms with E-state index in [9.17, 15) is 29.4 Å². The molecule has 2 fully saturated rings. The van der Waals surface area contributed by atoms with E-state index < -0.39 is 35.9 Å². The molecule has 0 bridgehead atoms. The Hall–Kier alpha value is -2.56. The van der Waals surface area contributed by atoms with Crippen LogP contribution in [0.2, 0.25) is 0 Å². The van der Waals surface area contributed by atoms with Crippen molar-refractivity contribution < 1.29 is 29.4 Å². The van der Waals surface area contributed by atoms with Crippen molar-refractivity contribution in [3.8, 4) is 0 Å². The minimum absolute atomic E-state index is 0.237. The summed E-state index contributed by atoms with van der Waals surface area (Å²) in [6.45, 7) is 0. The van der Waals surface area contributed by atoms with Gasteiger partial charge in [-0.3, -0.25) is 0 Å². The number of carboxylic acid groups (broad SMARTS) is 2. The molecule has 4 unspecified atom stereocenters. The fourth-order valence-electron chi connectivity index (χ4n) is 3.03. The van der Waals surface area contributed by atoms with Crippen molar-refractivity contribution in [2.75, 3.05) is 0 Å². The molecule has 0 spiro atoms. The van der Waals surface area contributed by atoms with E-state index in [0.29, 0.717) is 25.7 Å². The van der Waals surface area contributed by atoms with Crippen molar-refractivity contribution in [1.29, 1.82) is 0 Å². The van der Waals surface area contributed by atoms with Crippen molar-refractivity contribution in [3.63, 3.8) is 0 Å². The molecule has 2 aliphatic rings. The summed E-state index contributed by atoms with van der Waals surface area (Å²) < 4.78 is 0. The smallest absolute Gasteiger partial charge is 0.332 e. The van der Waals surface area contributed by atoms with Crippen LogP contribution in [0.1, 0.15) is 25.7 Å². The molecule has 8 heteroatoms. The van der Waals surface area contributed by atoms with Gasteiger partial charge in [0.1, 0.15) is 0 Å². The summed E-state index contributed by atoms with van der Waals surface area (Å²) in [4.78, 5) is 50.9. The van der Waals surface area contributed by atoms with Gasteiger partial charge < -0.3 is 10.2 Å². The monoisotopic (exact) mass is 306 g/mol. The average Bonchev–Trinajstić information content (AvgIpc) is 2.42. The topological polar surface area (TPSA) is 133 Å². The van der Waals surface area contributed by atoms with Crippen molar-refractivity contribution in [2.24, 2.45) is 21.8 Å². The van der Waals surface area contributed by atoms with Crippen LogP contribution in [0.4, 0.5) is 0 Å². The first-order chi connectivity index (χ1) is 10.5. The van der Waals surface area contributed by atoms with Crippen LogP contribution < -0.4 is 0 Å². The maximum absolute atomic E-state index is 11.6. The van der Waals surface area contributed by atoms with Gasteiger partial charge >= 0.3 is 11.9 Å². The first-order valence-electron chi connectivity index (χ1n) is 6.85. The molecule has 2 aliphatic carbocycles. The number of carbonyl (C=O) groups is 2. The third kappa shape index (κ3) is 2.74. The van der Waals surface area contributed by atoms with Crippen LogP contribution in [0.3, 0.4) is 0 Å². The second kappa shape index (κ2) is 6.47. The molecule has 2 N–H and O–H groups in total. The highest BCUT2D eigenvalue weighted by Gasteiger charge is 2.45. The number of hydrogen-bond donors (Lipinski definition) is 2. The van der Waals surface area contributed by atoms with Crippen LogP contribution >= 0.6 is 0 Å². The van der Waals surface area contributed by atoms with E-state index in [1.807, 2.05) is 0 Å². The molecular formula is C14H14N2O6. The van der Waals surface area contributed by atoms with E-state index in [1.54, 1.807) is 0 Å². The molecule has 8 nitrogen and oxygen atoms in total. The largest absolute Gasteiger partial charge is 0.478 e. The van der Waals surface area contributed by atoms with Crippen LogP contribution in [-0.4, -0.2) is 46.4 Å². The molecule has 4 atom stereocenters. The molecule has 22 heavy (non-hydrogen) atoms. The van der Waals surface area contributed by atoms with E-state index in [4.69, 9.17) is 0 Å². The van der Waals surface area contributed by atoms with Gasteiger partial charge in [0.25, 0.3) is 0 Å². The van der Waals surface area contributed by atoms with Crippen LogP contribution in [0.25, 0.3) is 0 Å². The Balaban J connectivity index is 2.45. The Kier molecular flexibility index (Phi) is 4.65. The second-order valence-electron chi connectivity index (χ2n) is 5.38. The Morgan fingerprint density at radius 3 is 1.32 bits per heavy atom. The van der Waals surface area contributed by atoms with E-state index in [-0.39, 0.29) is 11.1 Å². The highest BCUT2D eigenvalue weighted by atomic mass is 16.4. The number of aliphatic carboxylic acids is 2. The molecule has 2 rings (SSSR count). The molecule has 0 aromatic carbocycles. The van der Waals surface area contributed by atoms with Crippen LogP contribution in [-0.2, 0) is 19.2 Å². The number of rotatable bonds is 6. The number of nitrogens with zero attached hydrogens (tertiary/aromatic N) is 2. The molecule has 0 amide bonds. The van der Waals surface area contributed by atoms with Gasteiger partial charge in [-0.2, -0.15) is 0 Å². The third-order valence-corrected chi connectivity index (χ3v) is 4.41. The Labute approximate surface area is 125 Å². The molecule has 0 heterocycles. The molecule has 0 aromatic heterocycles. The molecule has 0 aliphatic heterocycles. The summed E-state index contributed by atoms with van der Waals surface area (Å²) in [5, 5.41) is 18.9. The standard InChI is InChI=1S/C14H14N2O6/c17-5-15-9-3-1-7(9)11(13(19)20)12(14(21)22)8-2-4-10(8)16-6-18/h7-10H,1-4H2,(H,19,20)(H,21,22)/b12-11+. The van der Waals surface area contributed by atoms with Gasteiger partial charge in [-0.05, 0) is 25.7 Å². The van der Waals surface area contributed by atoms with E-state index in [0.717, 1.165) is 0 Å². The summed E-state index contributed by atoms with van der Waals surface area (Å²) in [6, 6.07) is -1.10. The zero-order chi connectivity index (χ0) is 16.3. The van der Waals surface area contributed by atoms with Gasteiger partial charge in [0.2, 0.25) is 12.2 Å². The number of isocyanates is 2. The number of aliphatic imine (C=N–C) groups is 2. The Morgan fingerprint density at radius 1 is 0.773 bits per heavy atom. The van der Waals surface area contributed by atoms with Gasteiger partial charge in [0.15, 0.2) is 0 Å². The van der Waals surface area contributed by atoms with Crippen LogP contribution in [0.15, 0.2) is 21.1 Å². The van der Waals surface area contributed by atoms with Crippen molar-refractivity contribution in [3.05, 3.63) is 11.1 Å². The lowest BCUT2D eigenvalue weighted by atomic mass is 9.67. The second-order valence-corrected chi connectivity index (χ2v) is 5.38. The zero-order valence-corrected chi connectivity index (χ0v) is 11.6. The van der Waals surface area contributed by atoms with Gasteiger partial charge in [-0.1, -0.05) is 0 Å². The minimum Gasteiger partial charge on any atom is -0.478 e. The van der Waals surface area contributed by atoms with Crippen molar-refractivity contribution in [1.82, 2.24) is 0 Å². The number of carbonyl (C=O) groups excluding carboxylic acids is 2. The summed E-state index contributed by atoms with van der Waals surface area (Å²) in [5.41, 5.74) is -0.475. The lowest BCUT2D eigenvalue weighted by molar-refractivity contribution is -0.137. The highest BCUT2D eigenvalue weighted by Crippen LogP contribution is 2.43. The highest BCUT2D eigenvalue weighted by molar-refractivity contribution is 6.00. The maximum atomic E-state index is 11.6. The Bertz CT molecular complexity index is 573. The predicted octanol–water partition coefficient (Wildman–Crippen LogP) is 0.681. The number of carboxylic acids is 2. The fourth-order valence-corrected chi connectivity index (χ4v) is 3.03. The van der Waals surface area contributed by atoms with E-state index in [2.05, 4.69) is 9.98 Å². The quantitative estimate of drug-likeness (QED) is 0.421. The van der Waals surface area contributed by atoms with Gasteiger partial charge in [-0.25, -0.2) is 29.2 Å². The van der Waals surface area contributed by atoms with E-state index in [1.165, 1.54) is 12.2 Å². The zero-order valence-electron chi connectivity index (χ0n) is 11.6. The molecule has 0 saturated heterocycles. The van der Waals surface area contributed by atoms with Gasteiger partial charge in [0.05, 0.1) is 23.2 Å². The van der Waals surface area contributed by atoms with Gasteiger partial charge in [0, 0.05) is 11.8 Å². The summed E-state index contributed by atoms with van der Waals surface area (Å²) in [6.07, 6.45) is 4.71. The SMILES string of the molecule is O=C=NC1CCC1/C(C(=O)O)=C(\C(=O)O)C1CCC1N=C=O. The average molecular weight is 306 g/mol.